The van der Waals surface area contributed by atoms with Gasteiger partial charge in [0, 0.05) is 0 Å². The van der Waals surface area contributed by atoms with Crippen molar-refractivity contribution < 1.29 is 46.8 Å². The molecule has 0 aliphatic heterocycles. The molecule has 0 rings (SSSR count). The molecule has 0 amide bonds. The van der Waals surface area contributed by atoms with Crippen LogP contribution in [0.1, 0.15) is 0 Å². The van der Waals surface area contributed by atoms with Gasteiger partial charge in [0.1, 0.15) is 0 Å². The largest absolute Gasteiger partial charge is 2.00 e. The van der Waals surface area contributed by atoms with Crippen molar-refractivity contribution in [2.24, 2.45) is 0 Å². The van der Waals surface area contributed by atoms with Gasteiger partial charge in [0.2, 0.25) is 0 Å². The average molecular weight is 215 g/mol. The molecule has 8 heteroatoms. The van der Waals surface area contributed by atoms with Gasteiger partial charge in [0.05, 0.1) is 0 Å². The Kier molecular flexibility index (Phi) is 18.2. The molecule has 0 aromatic carbocycles. The fraction of sp³-hybridized carbons (Fsp3) is 1.00. The Hall–Kier alpha value is 0.996. The van der Waals surface area contributed by atoms with Gasteiger partial charge < -0.3 is 24.8 Å². The van der Waals surface area contributed by atoms with Gasteiger partial charge in [0.15, 0.2) is 0 Å². The minimum Gasteiger partial charge on any atom is -1.00 e. The molecule has 0 nitrogen and oxygen atoms in total. The van der Waals surface area contributed by atoms with E-state index in [9.17, 15) is 22.0 Å². The molecule has 0 fully saturated rings. The second kappa shape index (κ2) is 8.10. The third-order valence-corrected chi connectivity index (χ3v) is 0.247. The Morgan fingerprint density at radius 3 is 1.00 bits per heavy atom. The van der Waals surface area contributed by atoms with Gasteiger partial charge in [-0.25, -0.2) is 8.78 Å². The van der Waals surface area contributed by atoms with E-state index < -0.39 is 12.6 Å². The molecule has 0 heterocycles. The molecule has 0 aromatic heterocycles. The van der Waals surface area contributed by atoms with Crippen molar-refractivity contribution in [3.05, 3.63) is 0 Å². The van der Waals surface area contributed by atoms with Crippen LogP contribution in [0.25, 0.3) is 0 Å². The van der Waals surface area contributed by atoms with Crippen LogP contribution in [0, 0.1) is 0 Å². The summed E-state index contributed by atoms with van der Waals surface area (Å²) in [5, 5.41) is 0. The van der Waals surface area contributed by atoms with E-state index >= 15 is 0 Å². The number of hydrogen-bond donors (Lipinski definition) is 0. The van der Waals surface area contributed by atoms with Gasteiger partial charge in [-0.15, -0.1) is 0 Å². The third kappa shape index (κ3) is 11.8. The Balaban J connectivity index is -0.0000000600. The molecule has 0 saturated heterocycles. The maximum atomic E-state index is 10.4. The maximum absolute atomic E-state index is 10.4. The van der Waals surface area contributed by atoms with Crippen LogP contribution in [-0.2, 0) is 0 Å². The Morgan fingerprint density at radius 2 is 1.00 bits per heavy atom. The predicted octanol–water partition coefficient (Wildman–Crippen LogP) is -4.56. The van der Waals surface area contributed by atoms with Crippen LogP contribution >= 0.6 is 0 Å². The molecule has 0 aliphatic rings. The zero-order chi connectivity index (χ0) is 6.08. The van der Waals surface area contributed by atoms with Crippen LogP contribution in [0.2, 0.25) is 0 Å². The van der Waals surface area contributed by atoms with Crippen molar-refractivity contribution >= 4 is 23.1 Å². The molecule has 0 unspecified atom stereocenters. The second-order valence-electron chi connectivity index (χ2n) is 0.842. The van der Waals surface area contributed by atoms with Gasteiger partial charge in [0.25, 0.3) is 0 Å². The van der Waals surface area contributed by atoms with Gasteiger partial charge >= 0.3 is 35.7 Å². The van der Waals surface area contributed by atoms with Crippen molar-refractivity contribution in [3.63, 3.8) is 0 Å². The number of alkyl halides is 5. The van der Waals surface area contributed by atoms with Gasteiger partial charge in [-0.1, -0.05) is 0 Å². The Labute approximate surface area is 82.5 Å². The molecule has 0 aromatic rings. The van der Waals surface area contributed by atoms with Gasteiger partial charge in [-0.05, 0) is 0 Å². The van der Waals surface area contributed by atoms with Crippen LogP contribution in [0.3, 0.4) is 0 Å². The molecule has 0 saturated carbocycles. The van der Waals surface area contributed by atoms with E-state index in [-0.39, 0.29) is 47.9 Å². The number of halogens is 7. The summed E-state index contributed by atoms with van der Waals surface area (Å²) < 4.78 is 52.1. The van der Waals surface area contributed by atoms with Crippen LogP contribution < -0.4 is 24.8 Å². The van der Waals surface area contributed by atoms with Crippen LogP contribution in [0.5, 0.6) is 0 Å². The van der Waals surface area contributed by atoms with E-state index in [0.717, 1.165) is 0 Å². The first-order chi connectivity index (χ1) is 2.94. The smallest absolute Gasteiger partial charge is 1.00 e. The quantitative estimate of drug-likeness (QED) is 0.282. The first-order valence-electron chi connectivity index (χ1n) is 1.29. The van der Waals surface area contributed by atoms with Crippen molar-refractivity contribution in [1.29, 1.82) is 0 Å². The summed E-state index contributed by atoms with van der Waals surface area (Å²) in [6.45, 7) is 0. The van der Waals surface area contributed by atoms with Crippen LogP contribution in [-0.4, -0.2) is 35.7 Å². The van der Waals surface area contributed by atoms with E-state index in [1.54, 1.807) is 0 Å². The molecule has 0 bridgehead atoms. The first kappa shape index (κ1) is 22.4. The number of hydrogen-bond acceptors (Lipinski definition) is 0. The molecule has 0 radical (unpaired) electrons. The zero-order valence-corrected chi connectivity index (χ0v) is 7.36. The van der Waals surface area contributed by atoms with E-state index in [1.165, 1.54) is 0 Å². The fourth-order valence-electron chi connectivity index (χ4n) is 0. The molecule has 0 N–H and O–H groups in total. The minimum atomic E-state index is -5.33. The van der Waals surface area contributed by atoms with Gasteiger partial charge in [-0.3, -0.25) is 0 Å². The van der Waals surface area contributed by atoms with E-state index in [1.807, 2.05) is 0 Å². The van der Waals surface area contributed by atoms with Crippen molar-refractivity contribution in [2.75, 3.05) is 0 Å². The van der Waals surface area contributed by atoms with Crippen LogP contribution in [0.4, 0.5) is 22.0 Å². The summed E-state index contributed by atoms with van der Waals surface area (Å²) >= 11 is 0. The molecule has 10 heavy (non-hydrogen) atoms. The molecule has 0 aliphatic carbocycles. The Bertz CT molecular complexity index is 63.2. The van der Waals surface area contributed by atoms with E-state index in [4.69, 9.17) is 0 Å². The molecular formula is C2HCl2F5Mg. The summed E-state index contributed by atoms with van der Waals surface area (Å²) in [5.41, 5.74) is 0. The molecule has 0 atom stereocenters. The second-order valence-corrected chi connectivity index (χ2v) is 0.842. The molecular weight excluding hydrogens is 214 g/mol. The van der Waals surface area contributed by atoms with Crippen molar-refractivity contribution in [2.45, 2.75) is 12.6 Å². The predicted molar refractivity (Wildman–Crippen MR) is 17.8 cm³/mol. The minimum absolute atomic E-state index is 0. The maximum Gasteiger partial charge on any atom is 2.00 e. The normalized spacial score (nSPS) is 9.00. The summed E-state index contributed by atoms with van der Waals surface area (Å²) in [7, 11) is 0. The summed E-state index contributed by atoms with van der Waals surface area (Å²) in [4.78, 5) is 0. The molecule has 60 valence electrons. The topological polar surface area (TPSA) is 0 Å². The van der Waals surface area contributed by atoms with E-state index in [0.29, 0.717) is 0 Å². The van der Waals surface area contributed by atoms with Gasteiger partial charge in [-0.2, -0.15) is 13.2 Å². The summed E-state index contributed by atoms with van der Waals surface area (Å²) in [6.07, 6.45) is -9.53. The fourth-order valence-corrected chi connectivity index (χ4v) is 0. The standard InChI is InChI=1S/C2HF5.2ClH.Mg/c3-1(4)2(5,6)7;;;/h1H;2*1H;/q;;;+2/p-2. The van der Waals surface area contributed by atoms with Crippen molar-refractivity contribution in [1.82, 2.24) is 0 Å². The zero-order valence-electron chi connectivity index (χ0n) is 4.43. The SMILES string of the molecule is FC(F)C(F)(F)F.[Cl-].[Cl-].[Mg+2]. The average Bonchev–Trinajstić information content (AvgIpc) is 1.31. The van der Waals surface area contributed by atoms with Crippen molar-refractivity contribution in [3.8, 4) is 0 Å². The summed E-state index contributed by atoms with van der Waals surface area (Å²) in [5.74, 6) is 0. The van der Waals surface area contributed by atoms with Crippen LogP contribution in [0.15, 0.2) is 0 Å². The molecule has 0 spiro atoms. The monoisotopic (exact) mass is 214 g/mol. The van der Waals surface area contributed by atoms with E-state index in [2.05, 4.69) is 0 Å². The first-order valence-corrected chi connectivity index (χ1v) is 1.29. The third-order valence-electron chi connectivity index (χ3n) is 0.247. The Morgan fingerprint density at radius 1 is 0.900 bits per heavy atom. The number of rotatable bonds is 0. The summed E-state index contributed by atoms with van der Waals surface area (Å²) in [6, 6.07) is 0.